The first-order chi connectivity index (χ1) is 10.0. The maximum atomic E-state index is 13.6. The summed E-state index contributed by atoms with van der Waals surface area (Å²) >= 11 is 0. The zero-order valence-electron chi connectivity index (χ0n) is 11.8. The van der Waals surface area contributed by atoms with Gasteiger partial charge in [-0.15, -0.1) is 0 Å². The lowest BCUT2D eigenvalue weighted by molar-refractivity contribution is 0.386. The Morgan fingerprint density at radius 1 is 1.14 bits per heavy atom. The fourth-order valence-electron chi connectivity index (χ4n) is 1.97. The molecule has 0 fully saturated rings. The second kappa shape index (κ2) is 6.80. The van der Waals surface area contributed by atoms with Crippen molar-refractivity contribution in [2.75, 3.05) is 7.11 Å². The average molecular weight is 310 g/mol. The van der Waals surface area contributed by atoms with E-state index in [0.29, 0.717) is 5.56 Å². The average Bonchev–Trinajstić information content (AvgIpc) is 2.47. The van der Waals surface area contributed by atoms with Gasteiger partial charge in [0, 0.05) is 16.6 Å². The molecule has 2 nitrogen and oxygen atoms in total. The Bertz CT molecular complexity index is 641. The number of halogens is 2. The van der Waals surface area contributed by atoms with Gasteiger partial charge in [0.2, 0.25) is 0 Å². The molecule has 0 amide bonds. The molecule has 0 saturated heterocycles. The largest absolute Gasteiger partial charge is 0.494 e. The molecule has 21 heavy (non-hydrogen) atoms. The lowest BCUT2D eigenvalue weighted by Gasteiger charge is -2.12. The van der Waals surface area contributed by atoms with E-state index in [0.717, 1.165) is 5.56 Å². The maximum Gasteiger partial charge on any atom is 0.165 e. The molecular formula is C16H16F2O2S. The molecule has 0 aliphatic rings. The van der Waals surface area contributed by atoms with Crippen LogP contribution in [0.2, 0.25) is 0 Å². The predicted molar refractivity (Wildman–Crippen MR) is 79.6 cm³/mol. The van der Waals surface area contributed by atoms with Gasteiger partial charge in [0.25, 0.3) is 0 Å². The Kier molecular flexibility index (Phi) is 5.07. The standard InChI is InChI=1S/C16H16F2O2S/c1-11(13-4-6-14(17)7-5-13)21(19)10-12-3-8-16(20-2)15(18)9-12/h3-9,11H,10H2,1-2H3/t11-,21+/m1/s1. The van der Waals surface area contributed by atoms with Crippen LogP contribution in [0.1, 0.15) is 23.3 Å². The number of methoxy groups -OCH3 is 1. The van der Waals surface area contributed by atoms with Crippen molar-refractivity contribution < 1.29 is 17.7 Å². The predicted octanol–water partition coefficient (Wildman–Crippen LogP) is 3.98. The number of hydrogen-bond donors (Lipinski definition) is 0. The first-order valence-electron chi connectivity index (χ1n) is 6.46. The van der Waals surface area contributed by atoms with Gasteiger partial charge in [0.1, 0.15) is 5.82 Å². The van der Waals surface area contributed by atoms with E-state index in [1.807, 2.05) is 6.92 Å². The van der Waals surface area contributed by atoms with Crippen LogP contribution in [-0.4, -0.2) is 11.3 Å². The number of ether oxygens (including phenoxy) is 1. The van der Waals surface area contributed by atoms with Gasteiger partial charge in [-0.2, -0.15) is 0 Å². The minimum absolute atomic E-state index is 0.163. The molecule has 112 valence electrons. The molecule has 5 heteroatoms. The Balaban J connectivity index is 2.10. The molecule has 0 saturated carbocycles. The van der Waals surface area contributed by atoms with E-state index in [1.165, 1.54) is 31.4 Å². The third kappa shape index (κ3) is 3.88. The topological polar surface area (TPSA) is 26.3 Å². The molecule has 0 aliphatic carbocycles. The fourth-order valence-corrected chi connectivity index (χ4v) is 3.19. The zero-order chi connectivity index (χ0) is 15.4. The number of benzene rings is 2. The summed E-state index contributed by atoms with van der Waals surface area (Å²) in [6, 6.07) is 10.5. The Hall–Kier alpha value is -1.75. The van der Waals surface area contributed by atoms with Gasteiger partial charge in [0.15, 0.2) is 11.6 Å². The Morgan fingerprint density at radius 2 is 1.81 bits per heavy atom. The summed E-state index contributed by atoms with van der Waals surface area (Å²) in [5.74, 6) is -0.397. The van der Waals surface area contributed by atoms with Gasteiger partial charge in [0.05, 0.1) is 12.4 Å². The van der Waals surface area contributed by atoms with E-state index in [2.05, 4.69) is 0 Å². The lowest BCUT2D eigenvalue weighted by atomic mass is 10.2. The second-order valence-electron chi connectivity index (χ2n) is 4.69. The summed E-state index contributed by atoms with van der Waals surface area (Å²) in [7, 11) is 0.176. The summed E-state index contributed by atoms with van der Waals surface area (Å²) in [6.07, 6.45) is 0. The van der Waals surface area contributed by atoms with Crippen molar-refractivity contribution >= 4 is 10.8 Å². The van der Waals surface area contributed by atoms with Crippen molar-refractivity contribution in [2.45, 2.75) is 17.9 Å². The van der Waals surface area contributed by atoms with Crippen molar-refractivity contribution in [3.8, 4) is 5.75 Å². The first kappa shape index (κ1) is 15.6. The number of rotatable bonds is 5. The molecule has 2 atom stereocenters. The molecule has 0 aliphatic heterocycles. The molecule has 0 bridgehead atoms. The van der Waals surface area contributed by atoms with Gasteiger partial charge in [-0.1, -0.05) is 18.2 Å². The van der Waals surface area contributed by atoms with Gasteiger partial charge in [-0.3, -0.25) is 4.21 Å². The van der Waals surface area contributed by atoms with Crippen LogP contribution in [0, 0.1) is 11.6 Å². The van der Waals surface area contributed by atoms with E-state index >= 15 is 0 Å². The highest BCUT2D eigenvalue weighted by Crippen LogP contribution is 2.24. The van der Waals surface area contributed by atoms with Crippen molar-refractivity contribution in [3.05, 3.63) is 65.2 Å². The zero-order valence-corrected chi connectivity index (χ0v) is 12.6. The summed E-state index contributed by atoms with van der Waals surface area (Å²) in [6.45, 7) is 1.81. The van der Waals surface area contributed by atoms with Crippen LogP contribution in [0.15, 0.2) is 42.5 Å². The highest BCUT2D eigenvalue weighted by atomic mass is 32.2. The molecule has 0 N–H and O–H groups in total. The van der Waals surface area contributed by atoms with Crippen molar-refractivity contribution in [1.82, 2.24) is 0 Å². The molecular weight excluding hydrogens is 294 g/mol. The van der Waals surface area contributed by atoms with Crippen molar-refractivity contribution in [1.29, 1.82) is 0 Å². The van der Waals surface area contributed by atoms with E-state index < -0.39 is 16.6 Å². The van der Waals surface area contributed by atoms with Crippen LogP contribution < -0.4 is 4.74 Å². The van der Waals surface area contributed by atoms with Crippen LogP contribution >= 0.6 is 0 Å². The van der Waals surface area contributed by atoms with Gasteiger partial charge in [-0.05, 0) is 42.3 Å². The fraction of sp³-hybridized carbons (Fsp3) is 0.250. The second-order valence-corrected chi connectivity index (χ2v) is 6.45. The third-order valence-corrected chi connectivity index (χ3v) is 4.94. The molecule has 0 aromatic heterocycles. The quantitative estimate of drug-likeness (QED) is 0.835. The smallest absolute Gasteiger partial charge is 0.165 e. The van der Waals surface area contributed by atoms with E-state index in [-0.39, 0.29) is 22.6 Å². The van der Waals surface area contributed by atoms with Crippen LogP contribution in [-0.2, 0) is 16.6 Å². The van der Waals surface area contributed by atoms with Crippen molar-refractivity contribution in [3.63, 3.8) is 0 Å². The Labute approximate surface area is 125 Å². The monoisotopic (exact) mass is 310 g/mol. The summed E-state index contributed by atoms with van der Waals surface area (Å²) in [4.78, 5) is 0. The minimum atomic E-state index is -1.22. The van der Waals surface area contributed by atoms with Gasteiger partial charge >= 0.3 is 0 Å². The van der Waals surface area contributed by atoms with Crippen LogP contribution in [0.25, 0.3) is 0 Å². The van der Waals surface area contributed by atoms with Crippen LogP contribution in [0.3, 0.4) is 0 Å². The van der Waals surface area contributed by atoms with Crippen LogP contribution in [0.5, 0.6) is 5.75 Å². The normalized spacial score (nSPS) is 13.7. The molecule has 2 rings (SSSR count). The maximum absolute atomic E-state index is 13.6. The first-order valence-corrected chi connectivity index (χ1v) is 7.84. The third-order valence-electron chi connectivity index (χ3n) is 3.26. The summed E-state index contributed by atoms with van der Waals surface area (Å²) in [5.41, 5.74) is 1.43. The van der Waals surface area contributed by atoms with E-state index in [9.17, 15) is 13.0 Å². The van der Waals surface area contributed by atoms with E-state index in [1.54, 1.807) is 18.2 Å². The van der Waals surface area contributed by atoms with Crippen LogP contribution in [0.4, 0.5) is 8.78 Å². The van der Waals surface area contributed by atoms with Gasteiger partial charge in [-0.25, -0.2) is 8.78 Å². The summed E-state index contributed by atoms with van der Waals surface area (Å²) < 4.78 is 43.7. The minimum Gasteiger partial charge on any atom is -0.494 e. The number of hydrogen-bond acceptors (Lipinski definition) is 2. The highest BCUT2D eigenvalue weighted by Gasteiger charge is 2.15. The highest BCUT2D eigenvalue weighted by molar-refractivity contribution is 7.84. The molecule has 2 aromatic rings. The molecule has 2 aromatic carbocycles. The molecule has 0 spiro atoms. The van der Waals surface area contributed by atoms with Gasteiger partial charge < -0.3 is 4.74 Å². The molecule has 0 radical (unpaired) electrons. The lowest BCUT2D eigenvalue weighted by Crippen LogP contribution is -2.06. The Morgan fingerprint density at radius 3 is 2.38 bits per heavy atom. The SMILES string of the molecule is COc1ccc(C[S@](=O)[C@H](C)c2ccc(F)cc2)cc1F. The van der Waals surface area contributed by atoms with E-state index in [4.69, 9.17) is 4.74 Å². The van der Waals surface area contributed by atoms with Crippen molar-refractivity contribution in [2.24, 2.45) is 0 Å². The molecule has 0 heterocycles. The molecule has 0 unspecified atom stereocenters. The summed E-state index contributed by atoms with van der Waals surface area (Å²) in [5, 5.41) is -0.254.